The fourth-order valence-corrected chi connectivity index (χ4v) is 2.36. The Morgan fingerprint density at radius 2 is 1.91 bits per heavy atom. The summed E-state index contributed by atoms with van der Waals surface area (Å²) in [7, 11) is 0. The molecule has 1 aromatic carbocycles. The maximum absolute atomic E-state index is 11.7. The van der Waals surface area contributed by atoms with Gasteiger partial charge in [0.15, 0.2) is 0 Å². The highest BCUT2D eigenvalue weighted by Gasteiger charge is 2.17. The SMILES string of the molecule is CCC(NC(=O)CSCC(=O)Nc1cccc(C)c1)C(=O)O. The molecule has 3 N–H and O–H groups in total. The van der Waals surface area contributed by atoms with Crippen LogP contribution in [0, 0.1) is 6.92 Å². The second-order valence-electron chi connectivity index (χ2n) is 4.78. The maximum atomic E-state index is 11.7. The first-order valence-electron chi connectivity index (χ1n) is 6.88. The summed E-state index contributed by atoms with van der Waals surface area (Å²) in [6.07, 6.45) is 0.319. The number of carbonyl (C=O) groups is 3. The van der Waals surface area contributed by atoms with E-state index < -0.39 is 12.0 Å². The molecule has 1 aromatic rings. The number of amides is 2. The van der Waals surface area contributed by atoms with E-state index in [-0.39, 0.29) is 23.3 Å². The van der Waals surface area contributed by atoms with E-state index >= 15 is 0 Å². The van der Waals surface area contributed by atoms with Gasteiger partial charge in [0.25, 0.3) is 0 Å². The van der Waals surface area contributed by atoms with Gasteiger partial charge in [0.2, 0.25) is 11.8 Å². The number of anilines is 1. The van der Waals surface area contributed by atoms with Gasteiger partial charge in [-0.15, -0.1) is 11.8 Å². The number of carbonyl (C=O) groups excluding carboxylic acids is 2. The Balaban J connectivity index is 2.30. The van der Waals surface area contributed by atoms with Gasteiger partial charge in [0.1, 0.15) is 6.04 Å². The van der Waals surface area contributed by atoms with Gasteiger partial charge in [-0.1, -0.05) is 19.1 Å². The molecule has 1 rings (SSSR count). The number of benzene rings is 1. The van der Waals surface area contributed by atoms with E-state index in [4.69, 9.17) is 5.11 Å². The number of hydrogen-bond donors (Lipinski definition) is 3. The Labute approximate surface area is 133 Å². The summed E-state index contributed by atoms with van der Waals surface area (Å²) in [5.41, 5.74) is 1.76. The van der Waals surface area contributed by atoms with Crippen LogP contribution in [0.4, 0.5) is 5.69 Å². The van der Waals surface area contributed by atoms with Gasteiger partial charge in [0, 0.05) is 5.69 Å². The number of carboxylic acid groups (broad SMARTS) is 1. The van der Waals surface area contributed by atoms with Gasteiger partial charge >= 0.3 is 5.97 Å². The molecule has 1 unspecified atom stereocenters. The Bertz CT molecular complexity index is 548. The molecule has 0 aliphatic carbocycles. The standard InChI is InChI=1S/C15H20N2O4S/c1-3-12(15(20)21)17-14(19)9-22-8-13(18)16-11-6-4-5-10(2)7-11/h4-7,12H,3,8-9H2,1-2H3,(H,16,18)(H,17,19)(H,20,21). The van der Waals surface area contributed by atoms with E-state index in [2.05, 4.69) is 10.6 Å². The maximum Gasteiger partial charge on any atom is 0.326 e. The van der Waals surface area contributed by atoms with Crippen molar-refractivity contribution in [1.29, 1.82) is 0 Å². The van der Waals surface area contributed by atoms with Crippen molar-refractivity contribution >= 4 is 35.2 Å². The quantitative estimate of drug-likeness (QED) is 0.676. The zero-order valence-electron chi connectivity index (χ0n) is 12.6. The topological polar surface area (TPSA) is 95.5 Å². The van der Waals surface area contributed by atoms with E-state index in [1.165, 1.54) is 0 Å². The molecule has 2 amide bonds. The average Bonchev–Trinajstić information content (AvgIpc) is 2.44. The third-order valence-electron chi connectivity index (χ3n) is 2.81. The van der Waals surface area contributed by atoms with Gasteiger partial charge in [0.05, 0.1) is 11.5 Å². The Kier molecular flexibility index (Phi) is 7.45. The molecule has 0 heterocycles. The summed E-state index contributed by atoms with van der Waals surface area (Å²) in [5, 5.41) is 14.0. The molecule has 0 saturated heterocycles. The molecule has 6 nitrogen and oxygen atoms in total. The summed E-state index contributed by atoms with van der Waals surface area (Å²) in [6.45, 7) is 3.61. The Hall–Kier alpha value is -2.02. The lowest BCUT2D eigenvalue weighted by molar-refractivity contribution is -0.141. The fraction of sp³-hybridized carbons (Fsp3) is 0.400. The number of aryl methyl sites for hydroxylation is 1. The molecule has 0 aliphatic heterocycles. The van der Waals surface area contributed by atoms with E-state index in [9.17, 15) is 14.4 Å². The van der Waals surface area contributed by atoms with Crippen LogP contribution in [-0.4, -0.2) is 40.4 Å². The van der Waals surface area contributed by atoms with Crippen LogP contribution in [0.5, 0.6) is 0 Å². The molecular formula is C15H20N2O4S. The van der Waals surface area contributed by atoms with E-state index in [0.29, 0.717) is 12.1 Å². The second-order valence-corrected chi connectivity index (χ2v) is 5.76. The van der Waals surface area contributed by atoms with E-state index in [0.717, 1.165) is 17.3 Å². The molecule has 0 saturated carbocycles. The minimum absolute atomic E-state index is 0.0466. The second kappa shape index (κ2) is 9.09. The lowest BCUT2D eigenvalue weighted by atomic mass is 10.2. The molecule has 22 heavy (non-hydrogen) atoms. The van der Waals surface area contributed by atoms with Gasteiger partial charge in [-0.3, -0.25) is 9.59 Å². The van der Waals surface area contributed by atoms with Crippen molar-refractivity contribution in [3.63, 3.8) is 0 Å². The minimum Gasteiger partial charge on any atom is -0.480 e. The summed E-state index contributed by atoms with van der Waals surface area (Å²) < 4.78 is 0. The zero-order chi connectivity index (χ0) is 16.5. The van der Waals surface area contributed by atoms with Crippen LogP contribution < -0.4 is 10.6 Å². The largest absolute Gasteiger partial charge is 0.480 e. The van der Waals surface area contributed by atoms with Crippen molar-refractivity contribution in [1.82, 2.24) is 5.32 Å². The zero-order valence-corrected chi connectivity index (χ0v) is 13.4. The van der Waals surface area contributed by atoms with Crippen LogP contribution in [-0.2, 0) is 14.4 Å². The number of aliphatic carboxylic acids is 1. The van der Waals surface area contributed by atoms with Gasteiger partial charge in [-0.2, -0.15) is 0 Å². The van der Waals surface area contributed by atoms with Crippen molar-refractivity contribution in [2.45, 2.75) is 26.3 Å². The van der Waals surface area contributed by atoms with Crippen LogP contribution in [0.25, 0.3) is 0 Å². The normalized spacial score (nSPS) is 11.5. The first kappa shape index (κ1) is 18.0. The summed E-state index contributed by atoms with van der Waals surface area (Å²) >= 11 is 1.14. The first-order valence-corrected chi connectivity index (χ1v) is 8.04. The van der Waals surface area contributed by atoms with Crippen molar-refractivity contribution in [2.75, 3.05) is 16.8 Å². The van der Waals surface area contributed by atoms with E-state index in [1.807, 2.05) is 25.1 Å². The molecule has 120 valence electrons. The molecule has 0 spiro atoms. The molecular weight excluding hydrogens is 304 g/mol. The molecule has 0 bridgehead atoms. The highest BCUT2D eigenvalue weighted by atomic mass is 32.2. The van der Waals surface area contributed by atoms with Crippen LogP contribution >= 0.6 is 11.8 Å². The van der Waals surface area contributed by atoms with E-state index in [1.54, 1.807) is 13.0 Å². The fourth-order valence-electron chi connectivity index (χ4n) is 1.73. The van der Waals surface area contributed by atoms with Crippen molar-refractivity contribution < 1.29 is 19.5 Å². The predicted octanol–water partition coefficient (Wildman–Crippen LogP) is 1.65. The number of carboxylic acids is 1. The molecule has 0 fully saturated rings. The molecule has 1 atom stereocenters. The third-order valence-corrected chi connectivity index (χ3v) is 3.74. The summed E-state index contributed by atoms with van der Waals surface area (Å²) in [4.78, 5) is 34.1. The smallest absolute Gasteiger partial charge is 0.326 e. The minimum atomic E-state index is -1.06. The first-order chi connectivity index (χ1) is 10.4. The number of rotatable bonds is 8. The number of hydrogen-bond acceptors (Lipinski definition) is 4. The number of thioether (sulfide) groups is 1. The van der Waals surface area contributed by atoms with Gasteiger partial charge < -0.3 is 15.7 Å². The lowest BCUT2D eigenvalue weighted by Gasteiger charge is -2.11. The molecule has 7 heteroatoms. The predicted molar refractivity (Wildman–Crippen MR) is 87.0 cm³/mol. The van der Waals surface area contributed by atoms with Crippen molar-refractivity contribution in [3.8, 4) is 0 Å². The average molecular weight is 324 g/mol. The highest BCUT2D eigenvalue weighted by molar-refractivity contribution is 8.00. The monoisotopic (exact) mass is 324 g/mol. The van der Waals surface area contributed by atoms with Crippen LogP contribution in [0.1, 0.15) is 18.9 Å². The highest BCUT2D eigenvalue weighted by Crippen LogP contribution is 2.10. The van der Waals surface area contributed by atoms with Gasteiger partial charge in [-0.05, 0) is 31.0 Å². The van der Waals surface area contributed by atoms with Crippen molar-refractivity contribution in [2.24, 2.45) is 0 Å². The molecule has 0 aromatic heterocycles. The summed E-state index contributed by atoms with van der Waals surface area (Å²) in [6, 6.07) is 6.55. The van der Waals surface area contributed by atoms with Crippen molar-refractivity contribution in [3.05, 3.63) is 29.8 Å². The molecule has 0 radical (unpaired) electrons. The lowest BCUT2D eigenvalue weighted by Crippen LogP contribution is -2.41. The van der Waals surface area contributed by atoms with Crippen LogP contribution in [0.2, 0.25) is 0 Å². The summed E-state index contributed by atoms with van der Waals surface area (Å²) in [5.74, 6) is -1.47. The molecule has 0 aliphatic rings. The Morgan fingerprint density at radius 3 is 2.50 bits per heavy atom. The Morgan fingerprint density at radius 1 is 1.23 bits per heavy atom. The third kappa shape index (κ3) is 6.62. The van der Waals surface area contributed by atoms with Gasteiger partial charge in [-0.25, -0.2) is 4.79 Å². The number of nitrogens with one attached hydrogen (secondary N) is 2. The van der Waals surface area contributed by atoms with Crippen LogP contribution in [0.3, 0.4) is 0 Å². The van der Waals surface area contributed by atoms with Crippen LogP contribution in [0.15, 0.2) is 24.3 Å².